The number of rotatable bonds is 4. The Bertz CT molecular complexity index is 443. The lowest BCUT2D eigenvalue weighted by Crippen LogP contribution is -2.55. The number of carboxylic acid groups (broad SMARTS) is 1. The molecule has 3 atom stereocenters. The number of hydrogen-bond donors (Lipinski definition) is 3. The predicted octanol–water partition coefficient (Wildman–Crippen LogP) is -0.242. The number of carbonyl (C=O) groups is 3. The first-order chi connectivity index (χ1) is 9.36. The van der Waals surface area contributed by atoms with Gasteiger partial charge in [-0.2, -0.15) is 0 Å². The van der Waals surface area contributed by atoms with Gasteiger partial charge in [-0.05, 0) is 19.8 Å². The summed E-state index contributed by atoms with van der Waals surface area (Å²) in [5.74, 6) is 0.174. The van der Waals surface area contributed by atoms with E-state index in [0.717, 1.165) is 0 Å². The monoisotopic (exact) mass is 281 g/mol. The molecule has 0 radical (unpaired) electrons. The number of piperidine rings is 1. The number of nitrogens with two attached hydrogens (primary N) is 1. The standard InChI is InChI=1S/C13H19N3O4/c1-3-4-10(12(18)19)15-13(20)16-7-9(11(14)17)6-5-8(16)2/h1,8-10H,4-7H2,2H3,(H2,14,17)(H,15,20)(H,18,19). The molecule has 1 aliphatic rings. The van der Waals surface area contributed by atoms with Crippen molar-refractivity contribution in [2.24, 2.45) is 11.7 Å². The minimum atomic E-state index is -1.19. The summed E-state index contributed by atoms with van der Waals surface area (Å²) in [7, 11) is 0. The molecule has 0 spiro atoms. The van der Waals surface area contributed by atoms with E-state index in [9.17, 15) is 14.4 Å². The lowest BCUT2D eigenvalue weighted by molar-refractivity contribution is -0.139. The molecule has 1 aliphatic heterocycles. The summed E-state index contributed by atoms with van der Waals surface area (Å²) in [5, 5.41) is 11.3. The second-order valence-electron chi connectivity index (χ2n) is 4.93. The molecule has 3 amide bonds. The van der Waals surface area contributed by atoms with Crippen LogP contribution >= 0.6 is 0 Å². The van der Waals surface area contributed by atoms with Crippen LogP contribution in [0.4, 0.5) is 4.79 Å². The number of carbonyl (C=O) groups excluding carboxylic acids is 2. The van der Waals surface area contributed by atoms with Crippen molar-refractivity contribution in [1.82, 2.24) is 10.2 Å². The molecule has 0 aromatic carbocycles. The van der Waals surface area contributed by atoms with Crippen LogP contribution in [0.3, 0.4) is 0 Å². The van der Waals surface area contributed by atoms with Gasteiger partial charge in [-0.1, -0.05) is 0 Å². The number of nitrogens with zero attached hydrogens (tertiary/aromatic N) is 1. The zero-order chi connectivity index (χ0) is 15.3. The van der Waals surface area contributed by atoms with Crippen molar-refractivity contribution in [2.75, 3.05) is 6.54 Å². The quantitative estimate of drug-likeness (QED) is 0.617. The summed E-state index contributed by atoms with van der Waals surface area (Å²) in [4.78, 5) is 35.7. The lowest BCUT2D eigenvalue weighted by Gasteiger charge is -2.37. The van der Waals surface area contributed by atoms with Gasteiger partial charge in [-0.15, -0.1) is 12.3 Å². The van der Waals surface area contributed by atoms with Crippen molar-refractivity contribution in [2.45, 2.75) is 38.3 Å². The third-order valence-electron chi connectivity index (χ3n) is 3.46. The Morgan fingerprint density at radius 3 is 2.65 bits per heavy atom. The molecule has 110 valence electrons. The Hall–Kier alpha value is -2.23. The minimum Gasteiger partial charge on any atom is -0.480 e. The molecule has 0 bridgehead atoms. The van der Waals surface area contributed by atoms with E-state index in [1.54, 1.807) is 0 Å². The fraction of sp³-hybridized carbons (Fsp3) is 0.615. The third kappa shape index (κ3) is 3.88. The Labute approximate surface area is 117 Å². The number of terminal acetylenes is 1. The fourth-order valence-electron chi connectivity index (χ4n) is 2.17. The number of amides is 3. The molecular weight excluding hydrogens is 262 g/mol. The molecule has 1 saturated heterocycles. The molecule has 0 aliphatic carbocycles. The molecular formula is C13H19N3O4. The fourth-order valence-corrected chi connectivity index (χ4v) is 2.17. The number of carboxylic acids is 1. The van der Waals surface area contributed by atoms with Crippen molar-refractivity contribution in [3.05, 3.63) is 0 Å². The van der Waals surface area contributed by atoms with Gasteiger partial charge >= 0.3 is 12.0 Å². The molecule has 7 heteroatoms. The minimum absolute atomic E-state index is 0.0779. The average molecular weight is 281 g/mol. The molecule has 4 N–H and O–H groups in total. The van der Waals surface area contributed by atoms with Crippen LogP contribution in [0.2, 0.25) is 0 Å². The van der Waals surface area contributed by atoms with E-state index in [-0.39, 0.29) is 19.0 Å². The number of urea groups is 1. The number of nitrogens with one attached hydrogen (secondary N) is 1. The van der Waals surface area contributed by atoms with Crippen molar-refractivity contribution < 1.29 is 19.5 Å². The molecule has 1 fully saturated rings. The normalized spacial score (nSPS) is 23.5. The highest BCUT2D eigenvalue weighted by Crippen LogP contribution is 2.21. The SMILES string of the molecule is C#CCC(NC(=O)N1CC(C(N)=O)CCC1C)C(=O)O. The Morgan fingerprint density at radius 1 is 1.50 bits per heavy atom. The van der Waals surface area contributed by atoms with Crippen LogP contribution in [0.5, 0.6) is 0 Å². The predicted molar refractivity (Wildman–Crippen MR) is 71.5 cm³/mol. The molecule has 20 heavy (non-hydrogen) atoms. The largest absolute Gasteiger partial charge is 0.480 e. The summed E-state index contributed by atoms with van der Waals surface area (Å²) >= 11 is 0. The van der Waals surface area contributed by atoms with Crippen LogP contribution < -0.4 is 11.1 Å². The van der Waals surface area contributed by atoms with E-state index >= 15 is 0 Å². The number of primary amides is 1. The molecule has 3 unspecified atom stereocenters. The van der Waals surface area contributed by atoms with E-state index in [1.807, 2.05) is 6.92 Å². The molecule has 0 aromatic rings. The Balaban J connectivity index is 2.71. The summed E-state index contributed by atoms with van der Waals surface area (Å²) < 4.78 is 0. The first kappa shape index (κ1) is 15.8. The number of likely N-dealkylation sites (tertiary alicyclic amines) is 1. The maximum Gasteiger partial charge on any atom is 0.327 e. The van der Waals surface area contributed by atoms with Crippen LogP contribution in [0, 0.1) is 18.3 Å². The zero-order valence-corrected chi connectivity index (χ0v) is 11.3. The molecule has 1 rings (SSSR count). The summed E-state index contributed by atoms with van der Waals surface area (Å²) in [6.45, 7) is 2.04. The van der Waals surface area contributed by atoms with Gasteiger partial charge in [0.25, 0.3) is 0 Å². The highest BCUT2D eigenvalue weighted by Gasteiger charge is 2.33. The average Bonchev–Trinajstić information content (AvgIpc) is 2.38. The Morgan fingerprint density at radius 2 is 2.15 bits per heavy atom. The van der Waals surface area contributed by atoms with Crippen LogP contribution in [-0.4, -0.2) is 46.5 Å². The highest BCUT2D eigenvalue weighted by molar-refractivity contribution is 5.84. The van der Waals surface area contributed by atoms with Crippen LogP contribution in [0.15, 0.2) is 0 Å². The van der Waals surface area contributed by atoms with E-state index in [1.165, 1.54) is 4.90 Å². The van der Waals surface area contributed by atoms with Crippen molar-refractivity contribution in [1.29, 1.82) is 0 Å². The van der Waals surface area contributed by atoms with Gasteiger partial charge in [0.2, 0.25) is 5.91 Å². The van der Waals surface area contributed by atoms with Gasteiger partial charge < -0.3 is 21.1 Å². The molecule has 7 nitrogen and oxygen atoms in total. The zero-order valence-electron chi connectivity index (χ0n) is 11.3. The van der Waals surface area contributed by atoms with Crippen LogP contribution in [0.25, 0.3) is 0 Å². The Kier molecular flexibility index (Phi) is 5.38. The van der Waals surface area contributed by atoms with E-state index in [4.69, 9.17) is 17.3 Å². The van der Waals surface area contributed by atoms with Gasteiger partial charge in [-0.25, -0.2) is 9.59 Å². The summed E-state index contributed by atoms with van der Waals surface area (Å²) in [6.07, 6.45) is 6.26. The van der Waals surface area contributed by atoms with Gasteiger partial charge in [0.1, 0.15) is 6.04 Å². The van der Waals surface area contributed by atoms with Gasteiger partial charge in [0.15, 0.2) is 0 Å². The molecule has 1 heterocycles. The van der Waals surface area contributed by atoms with Crippen molar-refractivity contribution >= 4 is 17.9 Å². The van der Waals surface area contributed by atoms with Gasteiger partial charge in [0.05, 0.1) is 5.92 Å². The van der Waals surface area contributed by atoms with E-state index < -0.39 is 29.9 Å². The smallest absolute Gasteiger partial charge is 0.327 e. The van der Waals surface area contributed by atoms with Crippen molar-refractivity contribution in [3.8, 4) is 12.3 Å². The second kappa shape index (κ2) is 6.80. The van der Waals surface area contributed by atoms with Gasteiger partial charge in [-0.3, -0.25) is 4.79 Å². The van der Waals surface area contributed by atoms with Gasteiger partial charge in [0, 0.05) is 19.0 Å². The maximum atomic E-state index is 12.1. The lowest BCUT2D eigenvalue weighted by atomic mass is 9.93. The van der Waals surface area contributed by atoms with Crippen LogP contribution in [-0.2, 0) is 9.59 Å². The topological polar surface area (TPSA) is 113 Å². The third-order valence-corrected chi connectivity index (χ3v) is 3.46. The summed E-state index contributed by atoms with van der Waals surface area (Å²) in [6, 6.07) is -1.74. The number of aliphatic carboxylic acids is 1. The second-order valence-corrected chi connectivity index (χ2v) is 4.93. The molecule has 0 saturated carbocycles. The first-order valence-corrected chi connectivity index (χ1v) is 6.39. The van der Waals surface area contributed by atoms with E-state index in [2.05, 4.69) is 11.2 Å². The van der Waals surface area contributed by atoms with Crippen molar-refractivity contribution in [3.63, 3.8) is 0 Å². The van der Waals surface area contributed by atoms with E-state index in [0.29, 0.717) is 12.8 Å². The molecule has 0 aromatic heterocycles. The highest BCUT2D eigenvalue weighted by atomic mass is 16.4. The maximum absolute atomic E-state index is 12.1. The first-order valence-electron chi connectivity index (χ1n) is 6.39. The van der Waals surface area contributed by atoms with Crippen LogP contribution in [0.1, 0.15) is 26.2 Å². The number of hydrogen-bond acceptors (Lipinski definition) is 3. The summed E-state index contributed by atoms with van der Waals surface area (Å²) in [5.41, 5.74) is 5.25.